The Bertz CT molecular complexity index is 303. The molecule has 84 valence electrons. The van der Waals surface area contributed by atoms with Gasteiger partial charge in [0.15, 0.2) is 0 Å². The first-order valence-corrected chi connectivity index (χ1v) is 5.66. The van der Waals surface area contributed by atoms with Gasteiger partial charge >= 0.3 is 0 Å². The van der Waals surface area contributed by atoms with E-state index >= 15 is 0 Å². The van der Waals surface area contributed by atoms with Gasteiger partial charge in [-0.15, -0.1) is 0 Å². The fraction of sp³-hybridized carbons (Fsp3) is 0.500. The first-order chi connectivity index (χ1) is 7.19. The normalized spacial score (nSPS) is 14.9. The van der Waals surface area contributed by atoms with Gasteiger partial charge in [0, 0.05) is 17.1 Å². The van der Waals surface area contributed by atoms with Gasteiger partial charge in [0.1, 0.15) is 0 Å². The van der Waals surface area contributed by atoms with Gasteiger partial charge in [-0.2, -0.15) is 0 Å². The molecule has 0 aliphatic heterocycles. The summed E-state index contributed by atoms with van der Waals surface area (Å²) in [7, 11) is 0. The number of nitrogens with two attached hydrogens (primary N) is 1. The van der Waals surface area contributed by atoms with Crippen LogP contribution < -0.4 is 5.73 Å². The van der Waals surface area contributed by atoms with Crippen molar-refractivity contribution in [2.45, 2.75) is 32.5 Å². The zero-order valence-electron chi connectivity index (χ0n) is 9.24. The van der Waals surface area contributed by atoms with Crippen LogP contribution in [0.1, 0.15) is 31.9 Å². The van der Waals surface area contributed by atoms with Crippen LogP contribution in [-0.4, -0.2) is 12.6 Å². The summed E-state index contributed by atoms with van der Waals surface area (Å²) in [6.07, 6.45) is 1.07. The first kappa shape index (κ1) is 12.5. The van der Waals surface area contributed by atoms with E-state index in [0.717, 1.165) is 17.0 Å². The molecular weight excluding hydrogens is 210 g/mol. The highest BCUT2D eigenvalue weighted by Crippen LogP contribution is 2.26. The lowest BCUT2D eigenvalue weighted by Crippen LogP contribution is -2.20. The van der Waals surface area contributed by atoms with Gasteiger partial charge in [0.05, 0.1) is 12.2 Å². The lowest BCUT2D eigenvalue weighted by molar-refractivity contribution is 0.0000316. The molecule has 3 heteroatoms. The summed E-state index contributed by atoms with van der Waals surface area (Å²) >= 11 is 6.09. The molecule has 0 fully saturated rings. The number of ether oxygens (including phenoxy) is 1. The maximum Gasteiger partial charge on any atom is 0.0965 e. The van der Waals surface area contributed by atoms with E-state index in [1.165, 1.54) is 0 Å². The van der Waals surface area contributed by atoms with Crippen molar-refractivity contribution in [2.24, 2.45) is 5.73 Å². The maximum absolute atomic E-state index is 6.09. The molecule has 2 N–H and O–H groups in total. The van der Waals surface area contributed by atoms with Gasteiger partial charge in [0.2, 0.25) is 0 Å². The minimum Gasteiger partial charge on any atom is -0.369 e. The molecule has 2 atom stereocenters. The second kappa shape index (κ2) is 6.11. The minimum atomic E-state index is -0.103. The lowest BCUT2D eigenvalue weighted by atomic mass is 10.1. The molecular formula is C12H18ClNO. The standard InChI is InChI=1S/C12H18ClNO/c1-3-9(2)15-12(8-14)10-6-4-5-7-11(10)13/h4-7,9,12H,3,8,14H2,1-2H3. The fourth-order valence-corrected chi connectivity index (χ4v) is 1.63. The van der Waals surface area contributed by atoms with E-state index in [0.29, 0.717) is 6.54 Å². The third kappa shape index (κ3) is 3.49. The molecule has 15 heavy (non-hydrogen) atoms. The van der Waals surface area contributed by atoms with E-state index in [1.807, 2.05) is 31.2 Å². The Hall–Kier alpha value is -0.570. The van der Waals surface area contributed by atoms with Crippen LogP contribution in [0.2, 0.25) is 5.02 Å². The van der Waals surface area contributed by atoms with Crippen molar-refractivity contribution in [3.05, 3.63) is 34.9 Å². The Balaban J connectivity index is 2.78. The maximum atomic E-state index is 6.09. The number of rotatable bonds is 5. The third-order valence-electron chi connectivity index (χ3n) is 2.44. The van der Waals surface area contributed by atoms with E-state index in [9.17, 15) is 0 Å². The third-order valence-corrected chi connectivity index (χ3v) is 2.78. The number of hydrogen-bond donors (Lipinski definition) is 1. The second-order valence-corrected chi connectivity index (χ2v) is 4.01. The molecule has 1 aromatic carbocycles. The summed E-state index contributed by atoms with van der Waals surface area (Å²) in [4.78, 5) is 0. The number of benzene rings is 1. The van der Waals surface area contributed by atoms with E-state index in [4.69, 9.17) is 22.1 Å². The minimum absolute atomic E-state index is 0.103. The summed E-state index contributed by atoms with van der Waals surface area (Å²) in [6, 6.07) is 7.67. The Morgan fingerprint density at radius 2 is 2.07 bits per heavy atom. The summed E-state index contributed by atoms with van der Waals surface area (Å²) in [5.41, 5.74) is 6.67. The molecule has 0 aromatic heterocycles. The van der Waals surface area contributed by atoms with E-state index < -0.39 is 0 Å². The zero-order chi connectivity index (χ0) is 11.3. The molecule has 0 bridgehead atoms. The van der Waals surface area contributed by atoms with Crippen molar-refractivity contribution in [3.8, 4) is 0 Å². The Kier molecular flexibility index (Phi) is 5.09. The van der Waals surface area contributed by atoms with E-state index in [-0.39, 0.29) is 12.2 Å². The monoisotopic (exact) mass is 227 g/mol. The van der Waals surface area contributed by atoms with Crippen LogP contribution in [0.15, 0.2) is 24.3 Å². The van der Waals surface area contributed by atoms with Crippen molar-refractivity contribution in [1.82, 2.24) is 0 Å². The fourth-order valence-electron chi connectivity index (χ4n) is 1.37. The first-order valence-electron chi connectivity index (χ1n) is 5.29. The van der Waals surface area contributed by atoms with Gasteiger partial charge in [0.25, 0.3) is 0 Å². The van der Waals surface area contributed by atoms with Gasteiger partial charge in [-0.05, 0) is 19.4 Å². The van der Waals surface area contributed by atoms with Crippen molar-refractivity contribution in [1.29, 1.82) is 0 Å². The van der Waals surface area contributed by atoms with Crippen molar-refractivity contribution < 1.29 is 4.74 Å². The van der Waals surface area contributed by atoms with Crippen LogP contribution in [0, 0.1) is 0 Å². The summed E-state index contributed by atoms with van der Waals surface area (Å²) in [5, 5.41) is 0.719. The summed E-state index contributed by atoms with van der Waals surface area (Å²) < 4.78 is 5.81. The molecule has 0 saturated heterocycles. The van der Waals surface area contributed by atoms with Crippen LogP contribution in [0.3, 0.4) is 0 Å². The predicted molar refractivity (Wildman–Crippen MR) is 64.1 cm³/mol. The number of halogens is 1. The molecule has 0 spiro atoms. The predicted octanol–water partition coefficient (Wildman–Crippen LogP) is 3.15. The molecule has 0 aliphatic rings. The SMILES string of the molecule is CCC(C)OC(CN)c1ccccc1Cl. The van der Waals surface area contributed by atoms with Crippen LogP contribution >= 0.6 is 11.6 Å². The van der Waals surface area contributed by atoms with Crippen molar-refractivity contribution >= 4 is 11.6 Å². The van der Waals surface area contributed by atoms with Gasteiger partial charge in [-0.25, -0.2) is 0 Å². The Morgan fingerprint density at radius 1 is 1.40 bits per heavy atom. The average Bonchev–Trinajstić information content (AvgIpc) is 2.26. The van der Waals surface area contributed by atoms with Crippen molar-refractivity contribution in [2.75, 3.05) is 6.54 Å². The molecule has 0 amide bonds. The van der Waals surface area contributed by atoms with Crippen LogP contribution in [0.4, 0.5) is 0 Å². The number of hydrogen-bond acceptors (Lipinski definition) is 2. The summed E-state index contributed by atoms with van der Waals surface area (Å²) in [5.74, 6) is 0. The topological polar surface area (TPSA) is 35.2 Å². The average molecular weight is 228 g/mol. The smallest absolute Gasteiger partial charge is 0.0965 e. The highest BCUT2D eigenvalue weighted by Gasteiger charge is 2.15. The summed E-state index contributed by atoms with van der Waals surface area (Å²) in [6.45, 7) is 4.58. The molecule has 0 heterocycles. The lowest BCUT2D eigenvalue weighted by Gasteiger charge is -2.21. The Morgan fingerprint density at radius 3 is 2.60 bits per heavy atom. The van der Waals surface area contributed by atoms with Crippen LogP contribution in [0.25, 0.3) is 0 Å². The second-order valence-electron chi connectivity index (χ2n) is 3.60. The quantitative estimate of drug-likeness (QED) is 0.839. The molecule has 2 unspecified atom stereocenters. The van der Waals surface area contributed by atoms with Gasteiger partial charge < -0.3 is 10.5 Å². The van der Waals surface area contributed by atoms with E-state index in [1.54, 1.807) is 0 Å². The van der Waals surface area contributed by atoms with Gasteiger partial charge in [-0.3, -0.25) is 0 Å². The molecule has 1 rings (SSSR count). The molecule has 0 aliphatic carbocycles. The van der Waals surface area contributed by atoms with Crippen LogP contribution in [0.5, 0.6) is 0 Å². The Labute approximate surface area is 96.4 Å². The van der Waals surface area contributed by atoms with Crippen molar-refractivity contribution in [3.63, 3.8) is 0 Å². The van der Waals surface area contributed by atoms with Gasteiger partial charge in [-0.1, -0.05) is 36.7 Å². The molecule has 0 radical (unpaired) electrons. The highest BCUT2D eigenvalue weighted by atomic mass is 35.5. The molecule has 1 aromatic rings. The largest absolute Gasteiger partial charge is 0.369 e. The molecule has 2 nitrogen and oxygen atoms in total. The van der Waals surface area contributed by atoms with E-state index in [2.05, 4.69) is 6.92 Å². The zero-order valence-corrected chi connectivity index (χ0v) is 10.00. The van der Waals surface area contributed by atoms with Crippen LogP contribution in [-0.2, 0) is 4.74 Å². The molecule has 0 saturated carbocycles. The highest BCUT2D eigenvalue weighted by molar-refractivity contribution is 6.31.